The molecule has 0 unspecified atom stereocenters. The van der Waals surface area contributed by atoms with Gasteiger partial charge in [-0.3, -0.25) is 0 Å². The van der Waals surface area contributed by atoms with E-state index in [1.807, 2.05) is 25.1 Å². The van der Waals surface area contributed by atoms with Crippen LogP contribution >= 0.6 is 27.5 Å². The minimum absolute atomic E-state index is 0.186. The second-order valence-electron chi connectivity index (χ2n) is 3.51. The van der Waals surface area contributed by atoms with E-state index in [9.17, 15) is 0 Å². The normalized spacial score (nSPS) is 10.3. The van der Waals surface area contributed by atoms with Gasteiger partial charge < -0.3 is 11.1 Å². The maximum absolute atomic E-state index is 5.96. The van der Waals surface area contributed by atoms with E-state index in [-0.39, 0.29) is 5.95 Å². The number of nitrogens with one attached hydrogen (secondary N) is 1. The average Bonchev–Trinajstić information content (AvgIpc) is 2.29. The highest BCUT2D eigenvalue weighted by atomic mass is 79.9. The molecule has 1 aromatic carbocycles. The van der Waals surface area contributed by atoms with Gasteiger partial charge in [0.05, 0.1) is 6.20 Å². The first-order chi connectivity index (χ1) is 8.06. The van der Waals surface area contributed by atoms with Crippen LogP contribution in [0, 0.1) is 6.92 Å². The van der Waals surface area contributed by atoms with Gasteiger partial charge in [0.2, 0.25) is 5.95 Å². The third-order valence-corrected chi connectivity index (χ3v) is 3.35. The number of aryl methyl sites for hydroxylation is 1. The number of halogens is 2. The Kier molecular flexibility index (Phi) is 3.49. The average molecular weight is 314 g/mol. The fraction of sp³-hybridized carbons (Fsp3) is 0.0909. The lowest BCUT2D eigenvalue weighted by Crippen LogP contribution is -2.00. The number of hydrogen-bond donors (Lipinski definition) is 2. The van der Waals surface area contributed by atoms with Crippen LogP contribution in [-0.4, -0.2) is 9.97 Å². The van der Waals surface area contributed by atoms with Crippen LogP contribution in [0.5, 0.6) is 0 Å². The van der Waals surface area contributed by atoms with Gasteiger partial charge in [-0.25, -0.2) is 4.98 Å². The van der Waals surface area contributed by atoms with Crippen molar-refractivity contribution in [3.63, 3.8) is 0 Å². The van der Waals surface area contributed by atoms with Crippen LogP contribution in [-0.2, 0) is 0 Å². The molecule has 1 heterocycles. The first-order valence-corrected chi connectivity index (χ1v) is 6.04. The molecule has 1 aromatic heterocycles. The smallest absolute Gasteiger partial charge is 0.222 e. The van der Waals surface area contributed by atoms with E-state index >= 15 is 0 Å². The summed E-state index contributed by atoms with van der Waals surface area (Å²) in [5, 5.41) is 3.53. The zero-order valence-electron chi connectivity index (χ0n) is 9.04. The molecule has 0 saturated carbocycles. The number of rotatable bonds is 2. The Morgan fingerprint density at radius 1 is 1.41 bits per heavy atom. The maximum atomic E-state index is 5.96. The topological polar surface area (TPSA) is 63.8 Å². The van der Waals surface area contributed by atoms with E-state index in [2.05, 4.69) is 31.2 Å². The Morgan fingerprint density at radius 3 is 2.88 bits per heavy atom. The van der Waals surface area contributed by atoms with E-state index in [0.717, 1.165) is 15.7 Å². The largest absolute Gasteiger partial charge is 0.368 e. The molecular weight excluding hydrogens is 304 g/mol. The molecule has 0 amide bonds. The summed E-state index contributed by atoms with van der Waals surface area (Å²) in [6.45, 7) is 2.01. The summed E-state index contributed by atoms with van der Waals surface area (Å²) < 4.78 is 1.05. The highest BCUT2D eigenvalue weighted by Gasteiger charge is 2.05. The predicted octanol–water partition coefficient (Wildman–Crippen LogP) is 3.53. The van der Waals surface area contributed by atoms with Gasteiger partial charge in [-0.15, -0.1) is 0 Å². The van der Waals surface area contributed by atoms with Crippen molar-refractivity contribution in [2.24, 2.45) is 0 Å². The van der Waals surface area contributed by atoms with Crippen LogP contribution in [0.3, 0.4) is 0 Å². The molecule has 4 nitrogen and oxygen atoms in total. The van der Waals surface area contributed by atoms with E-state index < -0.39 is 0 Å². The molecule has 0 aliphatic carbocycles. The highest BCUT2D eigenvalue weighted by Crippen LogP contribution is 2.25. The lowest BCUT2D eigenvalue weighted by molar-refractivity contribution is 1.18. The van der Waals surface area contributed by atoms with E-state index in [0.29, 0.717) is 10.8 Å². The molecule has 17 heavy (non-hydrogen) atoms. The van der Waals surface area contributed by atoms with Crippen LogP contribution in [0.1, 0.15) is 5.56 Å². The lowest BCUT2D eigenvalue weighted by Gasteiger charge is -2.08. The van der Waals surface area contributed by atoms with Gasteiger partial charge in [-0.2, -0.15) is 4.98 Å². The molecule has 0 radical (unpaired) electrons. The maximum Gasteiger partial charge on any atom is 0.222 e. The molecule has 0 saturated heterocycles. The van der Waals surface area contributed by atoms with Crippen LogP contribution < -0.4 is 11.1 Å². The Hall–Kier alpha value is -1.33. The van der Waals surface area contributed by atoms with E-state index in [4.69, 9.17) is 17.3 Å². The molecule has 2 rings (SSSR count). The molecule has 0 spiro atoms. The minimum Gasteiger partial charge on any atom is -0.368 e. The van der Waals surface area contributed by atoms with Crippen LogP contribution in [0.25, 0.3) is 0 Å². The molecule has 0 aliphatic heterocycles. The third-order valence-electron chi connectivity index (χ3n) is 2.18. The van der Waals surface area contributed by atoms with Crippen LogP contribution in [0.2, 0.25) is 5.02 Å². The standard InChI is InChI=1S/C11H10BrClN4/c1-6-4-7(2-3-8(6)12)16-10-9(13)5-15-11(14)17-10/h2-5H,1H3,(H3,14,15,16,17). The van der Waals surface area contributed by atoms with Crippen molar-refractivity contribution in [1.29, 1.82) is 0 Å². The monoisotopic (exact) mass is 312 g/mol. The first-order valence-electron chi connectivity index (χ1n) is 4.87. The summed E-state index contributed by atoms with van der Waals surface area (Å²) in [4.78, 5) is 7.83. The molecule has 2 aromatic rings. The minimum atomic E-state index is 0.186. The summed E-state index contributed by atoms with van der Waals surface area (Å²) in [5.74, 6) is 0.687. The number of aromatic nitrogens is 2. The number of nitrogens with zero attached hydrogens (tertiary/aromatic N) is 2. The summed E-state index contributed by atoms with van der Waals surface area (Å²) in [6, 6.07) is 5.86. The van der Waals surface area contributed by atoms with Gasteiger partial charge in [0.25, 0.3) is 0 Å². The molecular formula is C11H10BrClN4. The highest BCUT2D eigenvalue weighted by molar-refractivity contribution is 9.10. The lowest BCUT2D eigenvalue weighted by atomic mass is 10.2. The Morgan fingerprint density at radius 2 is 2.18 bits per heavy atom. The van der Waals surface area contributed by atoms with Gasteiger partial charge >= 0.3 is 0 Å². The van der Waals surface area contributed by atoms with Gasteiger partial charge in [0.15, 0.2) is 5.82 Å². The third kappa shape index (κ3) is 2.87. The van der Waals surface area contributed by atoms with Gasteiger partial charge in [-0.05, 0) is 30.7 Å². The molecule has 0 bridgehead atoms. The van der Waals surface area contributed by atoms with Crippen molar-refractivity contribution in [3.05, 3.63) is 39.5 Å². The van der Waals surface area contributed by atoms with Crippen LogP contribution in [0.15, 0.2) is 28.9 Å². The number of nitrogens with two attached hydrogens (primary N) is 1. The Labute approximate surface area is 112 Å². The predicted molar refractivity (Wildman–Crippen MR) is 73.6 cm³/mol. The van der Waals surface area contributed by atoms with Crippen molar-refractivity contribution in [2.45, 2.75) is 6.92 Å². The number of anilines is 3. The second-order valence-corrected chi connectivity index (χ2v) is 4.78. The SMILES string of the molecule is Cc1cc(Nc2nc(N)ncc2Cl)ccc1Br. The number of nitrogen functional groups attached to an aromatic ring is 1. The zero-order valence-corrected chi connectivity index (χ0v) is 11.4. The first kappa shape index (κ1) is 12.1. The van der Waals surface area contributed by atoms with Crippen molar-refractivity contribution < 1.29 is 0 Å². The van der Waals surface area contributed by atoms with Crippen molar-refractivity contribution in [1.82, 2.24) is 9.97 Å². The zero-order chi connectivity index (χ0) is 12.4. The van der Waals surface area contributed by atoms with E-state index in [1.165, 1.54) is 6.20 Å². The van der Waals surface area contributed by atoms with Gasteiger partial charge in [0, 0.05) is 10.2 Å². The molecule has 0 atom stereocenters. The van der Waals surface area contributed by atoms with Crippen molar-refractivity contribution in [3.8, 4) is 0 Å². The Bertz CT molecular complexity index is 559. The molecule has 6 heteroatoms. The quantitative estimate of drug-likeness (QED) is 0.890. The fourth-order valence-corrected chi connectivity index (χ4v) is 1.71. The summed E-state index contributed by atoms with van der Waals surface area (Å²) >= 11 is 9.41. The number of hydrogen-bond acceptors (Lipinski definition) is 4. The van der Waals surface area contributed by atoms with Gasteiger partial charge in [-0.1, -0.05) is 27.5 Å². The molecule has 3 N–H and O–H groups in total. The van der Waals surface area contributed by atoms with Crippen molar-refractivity contribution in [2.75, 3.05) is 11.1 Å². The Balaban J connectivity index is 2.31. The summed E-state index contributed by atoms with van der Waals surface area (Å²) in [5.41, 5.74) is 7.52. The number of benzene rings is 1. The summed E-state index contributed by atoms with van der Waals surface area (Å²) in [6.07, 6.45) is 1.47. The summed E-state index contributed by atoms with van der Waals surface area (Å²) in [7, 11) is 0. The van der Waals surface area contributed by atoms with Crippen molar-refractivity contribution >= 4 is 45.0 Å². The second kappa shape index (κ2) is 4.89. The molecule has 0 aliphatic rings. The van der Waals surface area contributed by atoms with Gasteiger partial charge in [0.1, 0.15) is 5.02 Å². The van der Waals surface area contributed by atoms with Crippen LogP contribution in [0.4, 0.5) is 17.5 Å². The fourth-order valence-electron chi connectivity index (χ4n) is 1.33. The van der Waals surface area contributed by atoms with E-state index in [1.54, 1.807) is 0 Å². The molecule has 88 valence electrons. The molecule has 0 fully saturated rings.